The fraction of sp³-hybridized carbons (Fsp3) is 0.375. The topological polar surface area (TPSA) is 67.4 Å². The van der Waals surface area contributed by atoms with E-state index in [0.717, 1.165) is 6.07 Å². The fourth-order valence-corrected chi connectivity index (χ4v) is 2.16. The lowest BCUT2D eigenvalue weighted by Gasteiger charge is -2.22. The summed E-state index contributed by atoms with van der Waals surface area (Å²) >= 11 is 0. The molecule has 2 amide bonds. The van der Waals surface area contributed by atoms with E-state index in [1.807, 2.05) is 0 Å². The number of benzene rings is 1. The van der Waals surface area contributed by atoms with Gasteiger partial charge in [0.15, 0.2) is 0 Å². The smallest absolute Gasteiger partial charge is 0.353 e. The first-order chi connectivity index (χ1) is 10.9. The summed E-state index contributed by atoms with van der Waals surface area (Å²) in [5, 5.41) is 4.54. The molecule has 0 spiro atoms. The second-order valence-electron chi connectivity index (χ2n) is 5.20. The number of methoxy groups -OCH3 is 1. The molecule has 0 heterocycles. The minimum Gasteiger partial charge on any atom is -0.496 e. The number of amides is 2. The van der Waals surface area contributed by atoms with Gasteiger partial charge in [0.25, 0.3) is 5.91 Å². The highest BCUT2D eigenvalue weighted by Gasteiger charge is 2.55. The van der Waals surface area contributed by atoms with Crippen LogP contribution in [-0.4, -0.2) is 31.0 Å². The third-order valence-electron chi connectivity index (χ3n) is 3.62. The highest BCUT2D eigenvalue weighted by Crippen LogP contribution is 2.40. The van der Waals surface area contributed by atoms with E-state index in [2.05, 4.69) is 16.6 Å². The molecular weight excluding hydrogens is 306 g/mol. The van der Waals surface area contributed by atoms with Gasteiger partial charge in [-0.1, -0.05) is 18.1 Å². The number of halogens is 2. The lowest BCUT2D eigenvalue weighted by molar-refractivity contribution is -0.150. The first kappa shape index (κ1) is 16.7. The molecule has 2 rings (SSSR count). The maximum Gasteiger partial charge on any atom is 0.353 e. The normalized spacial score (nSPS) is 15.2. The van der Waals surface area contributed by atoms with Crippen LogP contribution in [0.25, 0.3) is 0 Å². The summed E-state index contributed by atoms with van der Waals surface area (Å²) in [6.45, 7) is -0.0284. The van der Waals surface area contributed by atoms with E-state index in [0.29, 0.717) is 0 Å². The van der Waals surface area contributed by atoms with Crippen LogP contribution in [0.1, 0.15) is 18.4 Å². The number of carbonyl (C=O) groups excluding carboxylic acids is 2. The highest BCUT2D eigenvalue weighted by atomic mass is 19.3. The van der Waals surface area contributed by atoms with Crippen LogP contribution in [0.15, 0.2) is 24.3 Å². The Balaban J connectivity index is 2.16. The zero-order valence-electron chi connectivity index (χ0n) is 12.5. The van der Waals surface area contributed by atoms with E-state index >= 15 is 0 Å². The lowest BCUT2D eigenvalue weighted by atomic mass is 10.1. The molecule has 2 N–H and O–H groups in total. The summed E-state index contributed by atoms with van der Waals surface area (Å²) in [5.41, 5.74) is -1.86. The zero-order valence-corrected chi connectivity index (χ0v) is 12.5. The summed E-state index contributed by atoms with van der Waals surface area (Å²) in [6, 6.07) is 5.34. The highest BCUT2D eigenvalue weighted by molar-refractivity contribution is 5.96. The van der Waals surface area contributed by atoms with E-state index < -0.39 is 28.8 Å². The molecule has 0 atom stereocenters. The number of rotatable bonds is 6. The maximum absolute atomic E-state index is 14.4. The summed E-state index contributed by atoms with van der Waals surface area (Å²) in [6.07, 6.45) is 5.61. The minimum absolute atomic E-state index is 0.0284. The molecule has 1 aliphatic rings. The van der Waals surface area contributed by atoms with Gasteiger partial charge in [-0.15, -0.1) is 6.42 Å². The van der Waals surface area contributed by atoms with Crippen molar-refractivity contribution >= 4 is 11.8 Å². The fourth-order valence-electron chi connectivity index (χ4n) is 2.16. The molecule has 23 heavy (non-hydrogen) atoms. The molecule has 0 aliphatic heterocycles. The van der Waals surface area contributed by atoms with Crippen LogP contribution in [0.5, 0.6) is 5.75 Å². The molecule has 0 saturated heterocycles. The first-order valence-electron chi connectivity index (χ1n) is 6.93. The number of ether oxygens (including phenoxy) is 1. The van der Waals surface area contributed by atoms with Crippen LogP contribution in [0, 0.1) is 12.3 Å². The van der Waals surface area contributed by atoms with Crippen molar-refractivity contribution in [1.82, 2.24) is 10.6 Å². The van der Waals surface area contributed by atoms with Crippen molar-refractivity contribution in [3.8, 4) is 18.1 Å². The Morgan fingerprint density at radius 2 is 2.04 bits per heavy atom. The summed E-state index contributed by atoms with van der Waals surface area (Å²) in [7, 11) is 1.24. The Kier molecular flexibility index (Phi) is 4.55. The molecule has 0 unspecified atom stereocenters. The Labute approximate surface area is 132 Å². The van der Waals surface area contributed by atoms with Crippen LogP contribution in [0.4, 0.5) is 8.78 Å². The predicted octanol–water partition coefficient (Wildman–Crippen LogP) is 1.19. The van der Waals surface area contributed by atoms with Crippen molar-refractivity contribution in [3.63, 3.8) is 0 Å². The predicted molar refractivity (Wildman–Crippen MR) is 78.8 cm³/mol. The molecule has 1 aliphatic carbocycles. The Hall–Kier alpha value is -2.62. The molecule has 7 heteroatoms. The quantitative estimate of drug-likeness (QED) is 0.773. The van der Waals surface area contributed by atoms with Gasteiger partial charge in [0.1, 0.15) is 11.3 Å². The van der Waals surface area contributed by atoms with Crippen molar-refractivity contribution in [2.45, 2.75) is 24.3 Å². The number of para-hydroxylation sites is 1. The van der Waals surface area contributed by atoms with Gasteiger partial charge in [0, 0.05) is 0 Å². The zero-order chi connectivity index (χ0) is 17.1. The molecule has 1 fully saturated rings. The van der Waals surface area contributed by atoms with Crippen LogP contribution >= 0.6 is 0 Å². The second kappa shape index (κ2) is 6.24. The summed E-state index contributed by atoms with van der Waals surface area (Å²) in [4.78, 5) is 23.9. The van der Waals surface area contributed by atoms with Crippen LogP contribution in [-0.2, 0) is 15.5 Å². The Morgan fingerprint density at radius 3 is 2.61 bits per heavy atom. The first-order valence-corrected chi connectivity index (χ1v) is 6.93. The van der Waals surface area contributed by atoms with E-state index in [9.17, 15) is 18.4 Å². The van der Waals surface area contributed by atoms with Gasteiger partial charge in [0.2, 0.25) is 5.91 Å². The van der Waals surface area contributed by atoms with Crippen molar-refractivity contribution in [3.05, 3.63) is 29.8 Å². The van der Waals surface area contributed by atoms with Crippen LogP contribution in [0.3, 0.4) is 0 Å². The standard InChI is InChI=1S/C16H16F2N2O3/c1-3-10-19-13(21)15(8-9-15)20-14(22)16(17,18)11-6-4-5-7-12(11)23-2/h1,4-7H,8-10H2,2H3,(H,19,21)(H,20,22). The van der Waals surface area contributed by atoms with Gasteiger partial charge in [0.05, 0.1) is 19.2 Å². The monoisotopic (exact) mass is 322 g/mol. The van der Waals surface area contributed by atoms with Gasteiger partial charge < -0.3 is 15.4 Å². The number of hydrogen-bond acceptors (Lipinski definition) is 3. The molecule has 1 saturated carbocycles. The maximum atomic E-state index is 14.4. The second-order valence-corrected chi connectivity index (χ2v) is 5.20. The molecule has 5 nitrogen and oxygen atoms in total. The minimum atomic E-state index is -3.82. The van der Waals surface area contributed by atoms with E-state index in [-0.39, 0.29) is 25.1 Å². The number of carbonyl (C=O) groups is 2. The van der Waals surface area contributed by atoms with Gasteiger partial charge in [-0.25, -0.2) is 0 Å². The van der Waals surface area contributed by atoms with Crippen molar-refractivity contribution in [2.75, 3.05) is 13.7 Å². The Morgan fingerprint density at radius 1 is 1.39 bits per heavy atom. The molecule has 0 radical (unpaired) electrons. The third-order valence-corrected chi connectivity index (χ3v) is 3.62. The van der Waals surface area contributed by atoms with Crippen molar-refractivity contribution < 1.29 is 23.1 Å². The largest absolute Gasteiger partial charge is 0.496 e. The lowest BCUT2D eigenvalue weighted by Crippen LogP contribution is -2.52. The average molecular weight is 322 g/mol. The Bertz CT molecular complexity index is 664. The molecule has 1 aromatic carbocycles. The van der Waals surface area contributed by atoms with Gasteiger partial charge in [-0.3, -0.25) is 9.59 Å². The summed E-state index contributed by atoms with van der Waals surface area (Å²) in [5.74, 6) is -3.82. The number of nitrogens with one attached hydrogen (secondary N) is 2. The van der Waals surface area contributed by atoms with Gasteiger partial charge in [-0.05, 0) is 25.0 Å². The molecule has 0 bridgehead atoms. The van der Waals surface area contributed by atoms with E-state index in [1.165, 1.54) is 25.3 Å². The van der Waals surface area contributed by atoms with Gasteiger partial charge >= 0.3 is 5.92 Å². The molecule has 1 aromatic rings. The SMILES string of the molecule is C#CCNC(=O)C1(NC(=O)C(F)(F)c2ccccc2OC)CC1. The molecular formula is C16H16F2N2O3. The van der Waals surface area contributed by atoms with Crippen molar-refractivity contribution in [1.29, 1.82) is 0 Å². The van der Waals surface area contributed by atoms with Gasteiger partial charge in [-0.2, -0.15) is 8.78 Å². The van der Waals surface area contributed by atoms with E-state index in [4.69, 9.17) is 11.2 Å². The number of hydrogen-bond donors (Lipinski definition) is 2. The van der Waals surface area contributed by atoms with Crippen LogP contribution < -0.4 is 15.4 Å². The van der Waals surface area contributed by atoms with Crippen LogP contribution in [0.2, 0.25) is 0 Å². The van der Waals surface area contributed by atoms with E-state index in [1.54, 1.807) is 0 Å². The molecule has 0 aromatic heterocycles. The molecule has 122 valence electrons. The third kappa shape index (κ3) is 3.26. The number of terminal acetylenes is 1. The average Bonchev–Trinajstić information content (AvgIpc) is 3.33. The van der Waals surface area contributed by atoms with Crippen molar-refractivity contribution in [2.24, 2.45) is 0 Å². The number of alkyl halides is 2. The summed E-state index contributed by atoms with van der Waals surface area (Å²) < 4.78 is 33.7.